The Morgan fingerprint density at radius 2 is 1.74 bits per heavy atom. The van der Waals surface area contributed by atoms with Gasteiger partial charge in [-0.25, -0.2) is 9.18 Å². The topological polar surface area (TPSA) is 71.3 Å². The van der Waals surface area contributed by atoms with Gasteiger partial charge in [-0.3, -0.25) is 4.90 Å². The van der Waals surface area contributed by atoms with Gasteiger partial charge in [0.1, 0.15) is 5.82 Å². The van der Waals surface area contributed by atoms with E-state index in [0.717, 1.165) is 16.8 Å². The molecule has 176 valence electrons. The molecule has 0 aliphatic carbocycles. The third-order valence-corrected chi connectivity index (χ3v) is 6.28. The molecular weight excluding hydrogens is 467 g/mol. The minimum atomic E-state index is -0.505. The maximum absolute atomic E-state index is 13.4. The Bertz CT molecular complexity index is 1370. The van der Waals surface area contributed by atoms with Gasteiger partial charge in [0, 0.05) is 22.8 Å². The quantitative estimate of drug-likeness (QED) is 0.347. The molecule has 1 aromatic heterocycles. The molecule has 8 heteroatoms. The summed E-state index contributed by atoms with van der Waals surface area (Å²) < 4.78 is 19.0. The van der Waals surface area contributed by atoms with Gasteiger partial charge in [-0.15, -0.1) is 0 Å². The van der Waals surface area contributed by atoms with Crippen molar-refractivity contribution in [3.63, 3.8) is 0 Å². The number of aromatic nitrogens is 2. The molecule has 1 atom stereocenters. The van der Waals surface area contributed by atoms with E-state index in [1.165, 1.54) is 12.1 Å². The van der Waals surface area contributed by atoms with Gasteiger partial charge in [-0.2, -0.15) is 4.98 Å². The Labute approximate surface area is 207 Å². The van der Waals surface area contributed by atoms with Crippen molar-refractivity contribution in [3.8, 4) is 11.4 Å². The van der Waals surface area contributed by atoms with Crippen molar-refractivity contribution in [2.24, 2.45) is 0 Å². The first-order valence-electron chi connectivity index (χ1n) is 11.2. The van der Waals surface area contributed by atoms with E-state index in [0.29, 0.717) is 34.9 Å². The van der Waals surface area contributed by atoms with Crippen molar-refractivity contribution >= 4 is 23.2 Å². The number of benzene rings is 3. The SMILES string of the molecule is CC1=C(c2nc(-c3ccc(F)cc3)no2)C(c2ccc(Cl)cc2)NC(=O)N1CCc1ccccc1. The fourth-order valence-electron chi connectivity index (χ4n) is 4.17. The lowest BCUT2D eigenvalue weighted by Gasteiger charge is -2.35. The number of nitrogens with zero attached hydrogens (tertiary/aromatic N) is 3. The van der Waals surface area contributed by atoms with Gasteiger partial charge < -0.3 is 9.84 Å². The smallest absolute Gasteiger partial charge is 0.322 e. The predicted octanol–water partition coefficient (Wildman–Crippen LogP) is 6.27. The average molecular weight is 489 g/mol. The molecule has 1 aliphatic rings. The number of carbonyl (C=O) groups is 1. The fraction of sp³-hybridized carbons (Fsp3) is 0.148. The van der Waals surface area contributed by atoms with Gasteiger partial charge in [0.25, 0.3) is 5.89 Å². The molecule has 35 heavy (non-hydrogen) atoms. The molecule has 0 radical (unpaired) electrons. The molecule has 1 unspecified atom stereocenters. The van der Waals surface area contributed by atoms with Gasteiger partial charge in [0.2, 0.25) is 5.82 Å². The molecule has 4 aromatic rings. The Kier molecular flexibility index (Phi) is 6.33. The van der Waals surface area contributed by atoms with Gasteiger partial charge in [-0.05, 0) is 60.9 Å². The third kappa shape index (κ3) is 4.81. The summed E-state index contributed by atoms with van der Waals surface area (Å²) in [7, 11) is 0. The number of allylic oxidation sites excluding steroid dienone is 1. The van der Waals surface area contributed by atoms with Crippen LogP contribution in [-0.4, -0.2) is 27.6 Å². The molecule has 0 saturated heterocycles. The van der Waals surface area contributed by atoms with E-state index in [1.54, 1.807) is 29.2 Å². The highest BCUT2D eigenvalue weighted by atomic mass is 35.5. The van der Waals surface area contributed by atoms with Crippen LogP contribution < -0.4 is 5.32 Å². The lowest BCUT2D eigenvalue weighted by Crippen LogP contribution is -2.46. The first-order chi connectivity index (χ1) is 17.0. The molecule has 2 heterocycles. The zero-order valence-electron chi connectivity index (χ0n) is 18.9. The number of rotatable bonds is 6. The molecule has 0 bridgehead atoms. The molecule has 6 nitrogen and oxygen atoms in total. The minimum Gasteiger partial charge on any atom is -0.334 e. The molecule has 5 rings (SSSR count). The molecule has 0 saturated carbocycles. The fourth-order valence-corrected chi connectivity index (χ4v) is 4.29. The average Bonchev–Trinajstić information content (AvgIpc) is 3.35. The molecule has 2 amide bonds. The number of carbonyl (C=O) groups excluding carboxylic acids is 1. The van der Waals surface area contributed by atoms with E-state index in [1.807, 2.05) is 49.4 Å². The van der Waals surface area contributed by atoms with Crippen LogP contribution in [0, 0.1) is 5.82 Å². The van der Waals surface area contributed by atoms with Crippen molar-refractivity contribution in [2.75, 3.05) is 6.54 Å². The van der Waals surface area contributed by atoms with Crippen molar-refractivity contribution in [3.05, 3.63) is 112 Å². The van der Waals surface area contributed by atoms with Crippen LogP contribution in [0.5, 0.6) is 0 Å². The van der Waals surface area contributed by atoms with Crippen LogP contribution in [0.25, 0.3) is 17.0 Å². The first-order valence-corrected chi connectivity index (χ1v) is 11.6. The highest BCUT2D eigenvalue weighted by Crippen LogP contribution is 2.37. The number of hydrogen-bond donors (Lipinski definition) is 1. The summed E-state index contributed by atoms with van der Waals surface area (Å²) in [4.78, 5) is 19.4. The number of amides is 2. The first kappa shape index (κ1) is 22.8. The van der Waals surface area contributed by atoms with Crippen LogP contribution in [0.1, 0.15) is 30.0 Å². The van der Waals surface area contributed by atoms with E-state index in [9.17, 15) is 9.18 Å². The molecule has 3 aromatic carbocycles. The summed E-state index contributed by atoms with van der Waals surface area (Å²) in [5.41, 5.74) is 4.01. The molecule has 1 aliphatic heterocycles. The second kappa shape index (κ2) is 9.72. The zero-order valence-corrected chi connectivity index (χ0v) is 19.7. The maximum atomic E-state index is 13.4. The zero-order chi connectivity index (χ0) is 24.4. The summed E-state index contributed by atoms with van der Waals surface area (Å²) >= 11 is 6.09. The summed E-state index contributed by atoms with van der Waals surface area (Å²) in [6.07, 6.45) is 0.690. The van der Waals surface area contributed by atoms with E-state index < -0.39 is 6.04 Å². The van der Waals surface area contributed by atoms with E-state index in [2.05, 4.69) is 15.5 Å². The summed E-state index contributed by atoms with van der Waals surface area (Å²) in [5, 5.41) is 7.79. The van der Waals surface area contributed by atoms with Crippen LogP contribution in [0.3, 0.4) is 0 Å². The summed E-state index contributed by atoms with van der Waals surface area (Å²) in [6, 6.07) is 22.4. The Morgan fingerprint density at radius 3 is 2.46 bits per heavy atom. The highest BCUT2D eigenvalue weighted by Gasteiger charge is 2.35. The van der Waals surface area contributed by atoms with Gasteiger partial charge in [-0.1, -0.05) is 59.2 Å². The van der Waals surface area contributed by atoms with E-state index in [4.69, 9.17) is 16.1 Å². The largest absolute Gasteiger partial charge is 0.334 e. The Morgan fingerprint density at radius 1 is 1.03 bits per heavy atom. The van der Waals surface area contributed by atoms with Crippen LogP contribution in [-0.2, 0) is 6.42 Å². The molecule has 0 spiro atoms. The minimum absolute atomic E-state index is 0.208. The van der Waals surface area contributed by atoms with Crippen LogP contribution in [0.4, 0.5) is 9.18 Å². The lowest BCUT2D eigenvalue weighted by atomic mass is 9.94. The maximum Gasteiger partial charge on any atom is 0.322 e. The van der Waals surface area contributed by atoms with Crippen molar-refractivity contribution in [1.29, 1.82) is 0 Å². The van der Waals surface area contributed by atoms with Gasteiger partial charge >= 0.3 is 6.03 Å². The van der Waals surface area contributed by atoms with E-state index in [-0.39, 0.29) is 17.7 Å². The number of halogens is 2. The van der Waals surface area contributed by atoms with E-state index >= 15 is 0 Å². The Balaban J connectivity index is 1.54. The lowest BCUT2D eigenvalue weighted by molar-refractivity contribution is 0.205. The summed E-state index contributed by atoms with van der Waals surface area (Å²) in [5.74, 6) is 0.275. The normalized spacial score (nSPS) is 15.9. The van der Waals surface area contributed by atoms with Crippen LogP contribution in [0.15, 0.2) is 89.1 Å². The highest BCUT2D eigenvalue weighted by molar-refractivity contribution is 6.30. The standard InChI is InChI=1S/C27H22ClFN4O2/c1-17-23(26-31-25(32-35-26)20-9-13-22(29)14-10-20)24(19-7-11-21(28)12-8-19)30-27(34)33(17)16-15-18-5-3-2-4-6-18/h2-14,24H,15-16H2,1H3,(H,30,34). The Hall–Kier alpha value is -3.97. The van der Waals surface area contributed by atoms with Crippen LogP contribution in [0.2, 0.25) is 5.02 Å². The van der Waals surface area contributed by atoms with Crippen molar-refractivity contribution in [1.82, 2.24) is 20.4 Å². The molecule has 0 fully saturated rings. The number of nitrogens with one attached hydrogen (secondary N) is 1. The molecular formula is C27H22ClFN4O2. The summed E-state index contributed by atoms with van der Waals surface area (Å²) in [6.45, 7) is 2.36. The number of hydrogen-bond acceptors (Lipinski definition) is 4. The predicted molar refractivity (Wildman–Crippen MR) is 132 cm³/mol. The second-order valence-corrected chi connectivity index (χ2v) is 8.69. The van der Waals surface area contributed by atoms with Crippen molar-refractivity contribution in [2.45, 2.75) is 19.4 Å². The second-order valence-electron chi connectivity index (χ2n) is 8.25. The number of urea groups is 1. The monoisotopic (exact) mass is 488 g/mol. The van der Waals surface area contributed by atoms with Gasteiger partial charge in [0.05, 0.1) is 11.6 Å². The molecule has 1 N–H and O–H groups in total. The third-order valence-electron chi connectivity index (χ3n) is 6.03. The van der Waals surface area contributed by atoms with Gasteiger partial charge in [0.15, 0.2) is 0 Å². The van der Waals surface area contributed by atoms with Crippen LogP contribution >= 0.6 is 11.6 Å². The van der Waals surface area contributed by atoms with Crippen molar-refractivity contribution < 1.29 is 13.7 Å².